The Morgan fingerprint density at radius 3 is 2.42 bits per heavy atom. The molecule has 2 aliphatic heterocycles. The Balaban J connectivity index is 1.38. The molecule has 3 heterocycles. The molecule has 8 heteroatoms. The largest absolute Gasteiger partial charge is 0.385 e. The van der Waals surface area contributed by atoms with Crippen molar-refractivity contribution in [1.29, 1.82) is 0 Å². The molecule has 1 saturated heterocycles. The Morgan fingerprint density at radius 2 is 1.71 bits per heavy atom. The number of ether oxygens (including phenoxy) is 1. The van der Waals surface area contributed by atoms with Crippen molar-refractivity contribution in [1.82, 2.24) is 19.7 Å². The molecule has 8 nitrogen and oxygen atoms in total. The molecule has 0 atom stereocenters. The molecular formula is C23H26N4O4. The molecule has 4 rings (SSSR count). The highest BCUT2D eigenvalue weighted by Crippen LogP contribution is 2.25. The van der Waals surface area contributed by atoms with Crippen molar-refractivity contribution < 1.29 is 19.1 Å². The second-order valence-corrected chi connectivity index (χ2v) is 7.79. The highest BCUT2D eigenvalue weighted by Gasteiger charge is 2.36. The summed E-state index contributed by atoms with van der Waals surface area (Å²) in [6.45, 7) is 4.42. The first-order chi connectivity index (χ1) is 15.1. The molecule has 1 aromatic heterocycles. The van der Waals surface area contributed by atoms with Crippen LogP contribution in [0, 0.1) is 0 Å². The van der Waals surface area contributed by atoms with Gasteiger partial charge in [-0.15, -0.1) is 0 Å². The van der Waals surface area contributed by atoms with Crippen LogP contribution in [-0.4, -0.2) is 83.8 Å². The number of hydrogen-bond acceptors (Lipinski definition) is 6. The number of carbonyl (C=O) groups is 3. The third-order valence-electron chi connectivity index (χ3n) is 5.76. The lowest BCUT2D eigenvalue weighted by atomic mass is 10.0. The van der Waals surface area contributed by atoms with Gasteiger partial charge in [0.15, 0.2) is 0 Å². The van der Waals surface area contributed by atoms with Crippen molar-refractivity contribution in [2.45, 2.75) is 13.0 Å². The fourth-order valence-corrected chi connectivity index (χ4v) is 4.03. The molecule has 0 bridgehead atoms. The Labute approximate surface area is 181 Å². The number of nitrogens with zero attached hydrogens (tertiary/aromatic N) is 4. The molecule has 162 valence electrons. The molecule has 31 heavy (non-hydrogen) atoms. The SMILES string of the molecule is COCCCN1C(=O)c2ccc(C(=O)N3CCN(Cc4ccncc4)CC3)cc2C1=O. The number of pyridine rings is 1. The zero-order chi connectivity index (χ0) is 21.8. The lowest BCUT2D eigenvalue weighted by Gasteiger charge is -2.34. The van der Waals surface area contributed by atoms with Gasteiger partial charge in [0.05, 0.1) is 11.1 Å². The molecule has 0 spiro atoms. The van der Waals surface area contributed by atoms with Crippen LogP contribution in [0.25, 0.3) is 0 Å². The summed E-state index contributed by atoms with van der Waals surface area (Å²) in [5, 5.41) is 0. The van der Waals surface area contributed by atoms with Gasteiger partial charge in [-0.2, -0.15) is 0 Å². The Hall–Kier alpha value is -3.10. The zero-order valence-corrected chi connectivity index (χ0v) is 17.6. The third-order valence-corrected chi connectivity index (χ3v) is 5.76. The van der Waals surface area contributed by atoms with E-state index < -0.39 is 0 Å². The average molecular weight is 422 g/mol. The fourth-order valence-electron chi connectivity index (χ4n) is 4.03. The van der Waals surface area contributed by atoms with Gasteiger partial charge in [0.2, 0.25) is 0 Å². The van der Waals surface area contributed by atoms with E-state index in [9.17, 15) is 14.4 Å². The zero-order valence-electron chi connectivity index (χ0n) is 17.6. The summed E-state index contributed by atoms with van der Waals surface area (Å²) in [6, 6.07) is 8.81. The maximum atomic E-state index is 13.0. The summed E-state index contributed by atoms with van der Waals surface area (Å²) < 4.78 is 5.00. The van der Waals surface area contributed by atoms with Gasteiger partial charge in [0.25, 0.3) is 17.7 Å². The van der Waals surface area contributed by atoms with Crippen LogP contribution in [0.1, 0.15) is 43.1 Å². The van der Waals surface area contributed by atoms with Crippen LogP contribution >= 0.6 is 0 Å². The number of hydrogen-bond donors (Lipinski definition) is 0. The van der Waals surface area contributed by atoms with Gasteiger partial charge in [-0.3, -0.25) is 29.2 Å². The van der Waals surface area contributed by atoms with Gasteiger partial charge >= 0.3 is 0 Å². The minimum Gasteiger partial charge on any atom is -0.385 e. The van der Waals surface area contributed by atoms with E-state index in [4.69, 9.17) is 4.74 Å². The van der Waals surface area contributed by atoms with E-state index in [1.807, 2.05) is 17.0 Å². The van der Waals surface area contributed by atoms with Crippen molar-refractivity contribution in [2.75, 3.05) is 46.4 Å². The van der Waals surface area contributed by atoms with Crippen molar-refractivity contribution in [2.24, 2.45) is 0 Å². The molecule has 1 aromatic carbocycles. The van der Waals surface area contributed by atoms with E-state index in [1.54, 1.807) is 37.7 Å². The number of methoxy groups -OCH3 is 1. The number of benzene rings is 1. The number of piperazine rings is 1. The van der Waals surface area contributed by atoms with Crippen molar-refractivity contribution >= 4 is 17.7 Å². The van der Waals surface area contributed by atoms with E-state index in [2.05, 4.69) is 9.88 Å². The van der Waals surface area contributed by atoms with Gasteiger partial charge < -0.3 is 9.64 Å². The van der Waals surface area contributed by atoms with Crippen molar-refractivity contribution in [3.63, 3.8) is 0 Å². The van der Waals surface area contributed by atoms with E-state index in [1.165, 1.54) is 10.5 Å². The minimum atomic E-state index is -0.340. The smallest absolute Gasteiger partial charge is 0.261 e. The van der Waals surface area contributed by atoms with Crippen LogP contribution in [0.5, 0.6) is 0 Å². The van der Waals surface area contributed by atoms with Gasteiger partial charge in [0.1, 0.15) is 0 Å². The summed E-state index contributed by atoms with van der Waals surface area (Å²) in [7, 11) is 1.58. The molecule has 1 fully saturated rings. The maximum absolute atomic E-state index is 13.0. The summed E-state index contributed by atoms with van der Waals surface area (Å²) in [5.41, 5.74) is 2.32. The van der Waals surface area contributed by atoms with Crippen molar-refractivity contribution in [3.05, 3.63) is 65.0 Å². The normalized spacial score (nSPS) is 16.7. The monoisotopic (exact) mass is 422 g/mol. The standard InChI is InChI=1S/C23H26N4O4/c1-31-14-2-9-27-22(29)19-4-3-18(15-20(19)23(27)30)21(28)26-12-10-25(11-13-26)16-17-5-7-24-8-6-17/h3-8,15H,2,9-14,16H2,1H3. The van der Waals surface area contributed by atoms with Gasteiger partial charge in [-0.25, -0.2) is 0 Å². The third kappa shape index (κ3) is 4.50. The van der Waals surface area contributed by atoms with E-state index >= 15 is 0 Å². The van der Waals surface area contributed by atoms with Crippen LogP contribution in [0.15, 0.2) is 42.7 Å². The first kappa shape index (κ1) is 21.1. The maximum Gasteiger partial charge on any atom is 0.261 e. The van der Waals surface area contributed by atoms with Gasteiger partial charge in [0, 0.05) is 70.9 Å². The van der Waals surface area contributed by atoms with Crippen LogP contribution in [0.4, 0.5) is 0 Å². The predicted molar refractivity (Wildman–Crippen MR) is 114 cm³/mol. The van der Waals surface area contributed by atoms with Crippen LogP contribution in [0.3, 0.4) is 0 Å². The number of rotatable bonds is 7. The Kier molecular flexibility index (Phi) is 6.39. The summed E-state index contributed by atoms with van der Waals surface area (Å²) >= 11 is 0. The number of carbonyl (C=O) groups excluding carboxylic acids is 3. The van der Waals surface area contributed by atoms with Crippen molar-refractivity contribution in [3.8, 4) is 0 Å². The highest BCUT2D eigenvalue weighted by molar-refractivity contribution is 6.22. The first-order valence-corrected chi connectivity index (χ1v) is 10.5. The molecule has 3 amide bonds. The lowest BCUT2D eigenvalue weighted by molar-refractivity contribution is 0.0625. The topological polar surface area (TPSA) is 83.1 Å². The second kappa shape index (κ2) is 9.36. The fraction of sp³-hybridized carbons (Fsp3) is 0.391. The Morgan fingerprint density at radius 1 is 1.00 bits per heavy atom. The highest BCUT2D eigenvalue weighted by atomic mass is 16.5. The lowest BCUT2D eigenvalue weighted by Crippen LogP contribution is -2.48. The van der Waals surface area contributed by atoms with Crippen LogP contribution in [0.2, 0.25) is 0 Å². The minimum absolute atomic E-state index is 0.107. The molecule has 0 radical (unpaired) electrons. The molecule has 0 saturated carbocycles. The molecule has 2 aliphatic rings. The predicted octanol–water partition coefficient (Wildman–Crippen LogP) is 1.67. The summed E-state index contributed by atoms with van der Waals surface area (Å²) in [5.74, 6) is -0.753. The summed E-state index contributed by atoms with van der Waals surface area (Å²) in [6.07, 6.45) is 4.15. The molecule has 0 N–H and O–H groups in total. The van der Waals surface area contributed by atoms with E-state index in [0.29, 0.717) is 49.4 Å². The van der Waals surface area contributed by atoms with Gasteiger partial charge in [-0.05, 0) is 42.3 Å². The average Bonchev–Trinajstić information content (AvgIpc) is 3.04. The Bertz CT molecular complexity index is 971. The number of aromatic nitrogens is 1. The van der Waals surface area contributed by atoms with E-state index in [0.717, 1.165) is 19.6 Å². The molecule has 0 unspecified atom stereocenters. The number of imide groups is 1. The van der Waals surface area contributed by atoms with Crippen LogP contribution < -0.4 is 0 Å². The van der Waals surface area contributed by atoms with Crippen LogP contribution in [-0.2, 0) is 11.3 Å². The summed E-state index contributed by atoms with van der Waals surface area (Å²) in [4.78, 5) is 47.6. The number of fused-ring (bicyclic) bond motifs is 1. The molecule has 2 aromatic rings. The number of amides is 3. The van der Waals surface area contributed by atoms with E-state index in [-0.39, 0.29) is 17.7 Å². The molecular weight excluding hydrogens is 396 g/mol. The molecule has 0 aliphatic carbocycles. The second-order valence-electron chi connectivity index (χ2n) is 7.79. The first-order valence-electron chi connectivity index (χ1n) is 10.5. The van der Waals surface area contributed by atoms with Gasteiger partial charge in [-0.1, -0.05) is 0 Å². The quantitative estimate of drug-likeness (QED) is 0.499.